The van der Waals surface area contributed by atoms with Crippen molar-refractivity contribution < 1.29 is 4.42 Å². The Balaban J connectivity index is 1.00. The number of nitrogens with zero attached hydrogens (tertiary/aromatic N) is 2. The van der Waals surface area contributed by atoms with Gasteiger partial charge in [-0.05, 0) is 65.8 Å². The summed E-state index contributed by atoms with van der Waals surface area (Å²) < 4.78 is 6.98. The van der Waals surface area contributed by atoms with Gasteiger partial charge in [-0.3, -0.25) is 0 Å². The van der Waals surface area contributed by atoms with Gasteiger partial charge < -0.3 is 9.32 Å². The van der Waals surface area contributed by atoms with Crippen LogP contribution in [0.3, 0.4) is 0 Å². The Labute approximate surface area is 302 Å². The minimum absolute atomic E-state index is 0.291. The summed E-state index contributed by atoms with van der Waals surface area (Å²) in [5.41, 5.74) is 15.1. The lowest BCUT2D eigenvalue weighted by Gasteiger charge is -2.32. The summed E-state index contributed by atoms with van der Waals surface area (Å²) in [5, 5.41) is 5.56. The number of hydrogen-bond donors (Lipinski definition) is 0. The Bertz CT molecular complexity index is 2870. The Morgan fingerprint density at radius 2 is 1.33 bits per heavy atom. The van der Waals surface area contributed by atoms with E-state index in [0.717, 1.165) is 85.3 Å². The summed E-state index contributed by atoms with van der Waals surface area (Å²) in [6.07, 6.45) is 14.9. The van der Waals surface area contributed by atoms with E-state index in [4.69, 9.17) is 9.40 Å². The van der Waals surface area contributed by atoms with Crippen LogP contribution in [0.25, 0.3) is 77.1 Å². The molecule has 3 heterocycles. The molecule has 0 fully saturated rings. The third kappa shape index (κ3) is 4.42. The molecule has 0 bridgehead atoms. The zero-order valence-corrected chi connectivity index (χ0v) is 28.6. The molecule has 0 amide bonds. The van der Waals surface area contributed by atoms with Crippen molar-refractivity contribution in [1.82, 2.24) is 4.98 Å². The first-order chi connectivity index (χ1) is 25.8. The van der Waals surface area contributed by atoms with Crippen molar-refractivity contribution >= 4 is 60.4 Å². The monoisotopic (exact) mass is 666 g/mol. The maximum atomic E-state index is 6.98. The predicted octanol–water partition coefficient (Wildman–Crippen LogP) is 12.9. The van der Waals surface area contributed by atoms with E-state index in [2.05, 4.69) is 163 Å². The summed E-state index contributed by atoms with van der Waals surface area (Å²) in [5.74, 6) is 0. The van der Waals surface area contributed by atoms with E-state index in [1.54, 1.807) is 0 Å². The second-order valence-corrected chi connectivity index (χ2v) is 14.1. The smallest absolute Gasteiger partial charge is 0.144 e. The highest BCUT2D eigenvalue weighted by atomic mass is 16.3. The van der Waals surface area contributed by atoms with Crippen LogP contribution in [0, 0.1) is 0 Å². The molecule has 0 saturated carbocycles. The topological polar surface area (TPSA) is 29.3 Å². The molecule has 1 unspecified atom stereocenters. The molecule has 3 aliphatic rings. The number of anilines is 1. The number of fused-ring (bicyclic) bond motifs is 10. The fourth-order valence-electron chi connectivity index (χ4n) is 8.79. The van der Waals surface area contributed by atoms with Crippen LogP contribution >= 0.6 is 0 Å². The number of allylic oxidation sites excluding steroid dienone is 5. The van der Waals surface area contributed by atoms with Crippen molar-refractivity contribution in [2.24, 2.45) is 0 Å². The van der Waals surface area contributed by atoms with Crippen LogP contribution in [0.4, 0.5) is 5.69 Å². The van der Waals surface area contributed by atoms with E-state index < -0.39 is 0 Å². The van der Waals surface area contributed by atoms with E-state index >= 15 is 0 Å². The van der Waals surface area contributed by atoms with Crippen molar-refractivity contribution in [3.63, 3.8) is 0 Å². The number of para-hydroxylation sites is 3. The molecule has 1 aliphatic heterocycles. The lowest BCUT2D eigenvalue weighted by atomic mass is 9.87. The first-order valence-electron chi connectivity index (χ1n) is 18.3. The molecule has 0 spiro atoms. The average Bonchev–Trinajstić information content (AvgIpc) is 3.77. The Hall–Kier alpha value is -6.45. The van der Waals surface area contributed by atoms with Crippen LogP contribution in [-0.2, 0) is 0 Å². The summed E-state index contributed by atoms with van der Waals surface area (Å²) in [6.45, 7) is 0. The van der Waals surface area contributed by atoms with Crippen LogP contribution in [-0.4, -0.2) is 11.0 Å². The fourth-order valence-corrected chi connectivity index (χ4v) is 8.79. The number of aromatic nitrogens is 1. The van der Waals surface area contributed by atoms with Gasteiger partial charge in [0.15, 0.2) is 0 Å². The van der Waals surface area contributed by atoms with Gasteiger partial charge in [0.1, 0.15) is 11.2 Å². The molecule has 1 atom stereocenters. The van der Waals surface area contributed by atoms with Crippen molar-refractivity contribution in [1.29, 1.82) is 0 Å². The van der Waals surface area contributed by atoms with Crippen LogP contribution in [0.5, 0.6) is 0 Å². The van der Waals surface area contributed by atoms with E-state index in [1.165, 1.54) is 33.7 Å². The molecular formula is C49H34N2O. The number of pyridine rings is 1. The van der Waals surface area contributed by atoms with E-state index in [-0.39, 0.29) is 0 Å². The largest absolute Gasteiger partial charge is 0.455 e. The molecule has 246 valence electrons. The van der Waals surface area contributed by atoms with Crippen LogP contribution in [0.1, 0.15) is 30.4 Å². The molecule has 2 aromatic heterocycles. The maximum absolute atomic E-state index is 6.98. The minimum atomic E-state index is 0.291. The molecule has 2 aliphatic carbocycles. The normalized spacial score (nSPS) is 16.7. The van der Waals surface area contributed by atoms with Crippen molar-refractivity contribution in [2.75, 3.05) is 4.90 Å². The molecule has 3 heteroatoms. The first kappa shape index (κ1) is 29.3. The van der Waals surface area contributed by atoms with Gasteiger partial charge in [-0.25, -0.2) is 4.98 Å². The highest BCUT2D eigenvalue weighted by Crippen LogP contribution is 2.49. The number of hydrogen-bond acceptors (Lipinski definition) is 3. The average molecular weight is 667 g/mol. The van der Waals surface area contributed by atoms with E-state index in [0.29, 0.717) is 6.04 Å². The lowest BCUT2D eigenvalue weighted by molar-refractivity contribution is 0.674. The quantitative estimate of drug-likeness (QED) is 0.175. The van der Waals surface area contributed by atoms with Gasteiger partial charge in [0.05, 0.1) is 17.3 Å². The summed E-state index contributed by atoms with van der Waals surface area (Å²) in [7, 11) is 0. The van der Waals surface area contributed by atoms with Crippen molar-refractivity contribution in [3.05, 3.63) is 181 Å². The van der Waals surface area contributed by atoms with E-state index in [1.807, 2.05) is 6.07 Å². The lowest BCUT2D eigenvalue weighted by Crippen LogP contribution is -2.31. The zero-order valence-electron chi connectivity index (χ0n) is 28.6. The van der Waals surface area contributed by atoms with Crippen molar-refractivity contribution in [3.8, 4) is 22.4 Å². The highest BCUT2D eigenvalue weighted by molar-refractivity contribution is 6.25. The van der Waals surface area contributed by atoms with Crippen molar-refractivity contribution in [2.45, 2.75) is 25.3 Å². The Morgan fingerprint density at radius 1 is 0.577 bits per heavy atom. The predicted molar refractivity (Wildman–Crippen MR) is 217 cm³/mol. The Kier molecular flexibility index (Phi) is 6.50. The van der Waals surface area contributed by atoms with Crippen LogP contribution in [0.15, 0.2) is 174 Å². The molecule has 3 nitrogen and oxygen atoms in total. The SMILES string of the molecule is C1=CC(N2c3ccccc3C3=CC=C(c4ccc(-c5cccc6c5oc5c6ccc6c(-c7ccccc7)nc7ccccc7c65)cc4)CC32)=CCC1. The Morgan fingerprint density at radius 3 is 2.21 bits per heavy atom. The summed E-state index contributed by atoms with van der Waals surface area (Å²) in [6, 6.07) is 48.1. The summed E-state index contributed by atoms with van der Waals surface area (Å²) in [4.78, 5) is 7.71. The van der Waals surface area contributed by atoms with Gasteiger partial charge in [-0.15, -0.1) is 0 Å². The molecule has 11 rings (SSSR count). The first-order valence-corrected chi connectivity index (χ1v) is 18.3. The van der Waals surface area contributed by atoms with Crippen LogP contribution < -0.4 is 4.90 Å². The standard InChI is InChI=1S/C49H34N2O/c1-3-12-33(13-4-1)47-42-29-28-40-39-19-11-18-36(48(39)52-49(40)46(42)41-17-7-9-20-43(41)50-47)32-24-22-31(23-25-32)34-26-27-38-37-16-8-10-21-44(37)51(45(38)30-34)35-14-5-2-6-15-35/h1,3-5,7-29,45H,2,6,30H2. The molecule has 6 aromatic carbocycles. The third-order valence-corrected chi connectivity index (χ3v) is 11.2. The number of furan rings is 1. The number of rotatable bonds is 4. The highest BCUT2D eigenvalue weighted by Gasteiger charge is 2.37. The molecule has 8 aromatic rings. The zero-order chi connectivity index (χ0) is 34.2. The number of benzene rings is 6. The third-order valence-electron chi connectivity index (χ3n) is 11.2. The van der Waals surface area contributed by atoms with Gasteiger partial charge in [0.25, 0.3) is 0 Å². The molecular weight excluding hydrogens is 633 g/mol. The van der Waals surface area contributed by atoms with Gasteiger partial charge in [0.2, 0.25) is 0 Å². The second kappa shape index (κ2) is 11.5. The molecule has 0 radical (unpaired) electrons. The van der Waals surface area contributed by atoms with E-state index in [9.17, 15) is 0 Å². The summed E-state index contributed by atoms with van der Waals surface area (Å²) >= 11 is 0. The minimum Gasteiger partial charge on any atom is -0.455 e. The maximum Gasteiger partial charge on any atom is 0.144 e. The molecule has 0 saturated heterocycles. The van der Waals surface area contributed by atoms with Gasteiger partial charge >= 0.3 is 0 Å². The molecule has 0 N–H and O–H groups in total. The fraction of sp³-hybridized carbons (Fsp3) is 0.0816. The van der Waals surface area contributed by atoms with Gasteiger partial charge in [0, 0.05) is 55.0 Å². The second-order valence-electron chi connectivity index (χ2n) is 14.1. The van der Waals surface area contributed by atoms with Gasteiger partial charge in [-0.1, -0.05) is 140 Å². The van der Waals surface area contributed by atoms with Crippen LogP contribution in [0.2, 0.25) is 0 Å². The van der Waals surface area contributed by atoms with Gasteiger partial charge in [-0.2, -0.15) is 0 Å². The molecule has 52 heavy (non-hydrogen) atoms.